The number of aromatic nitrogens is 4. The van der Waals surface area contributed by atoms with Crippen LogP contribution >= 0.6 is 11.6 Å². The number of rotatable bonds is 4. The summed E-state index contributed by atoms with van der Waals surface area (Å²) in [5, 5.41) is 13.5. The number of carbonyl (C=O) groups excluding carboxylic acids is 1. The van der Waals surface area contributed by atoms with Gasteiger partial charge in [-0.2, -0.15) is 13.2 Å². The lowest BCUT2D eigenvalue weighted by Crippen LogP contribution is -2.08. The van der Waals surface area contributed by atoms with Crippen molar-refractivity contribution >= 4 is 29.3 Å². The highest BCUT2D eigenvalue weighted by molar-refractivity contribution is 6.32. The van der Waals surface area contributed by atoms with Crippen LogP contribution in [0.2, 0.25) is 5.02 Å². The smallest absolute Gasteiger partial charge is 0.323 e. The fraction of sp³-hybridized carbons (Fsp3) is 0.0588. The predicted octanol–water partition coefficient (Wildman–Crippen LogP) is 3.99. The maximum absolute atomic E-state index is 12.8. The van der Waals surface area contributed by atoms with Crippen molar-refractivity contribution in [2.75, 3.05) is 5.32 Å². The second-order valence-electron chi connectivity index (χ2n) is 5.36. The highest BCUT2D eigenvalue weighted by Gasteiger charge is 2.30. The van der Waals surface area contributed by atoms with Crippen LogP contribution in [0.25, 0.3) is 11.8 Å². The molecule has 0 saturated carbocycles. The van der Waals surface area contributed by atoms with Gasteiger partial charge in [0.05, 0.1) is 11.3 Å². The third kappa shape index (κ3) is 4.70. The van der Waals surface area contributed by atoms with Gasteiger partial charge in [0.25, 0.3) is 0 Å². The molecule has 1 heterocycles. The van der Waals surface area contributed by atoms with E-state index in [1.54, 1.807) is 24.3 Å². The van der Waals surface area contributed by atoms with E-state index in [4.69, 9.17) is 11.6 Å². The van der Waals surface area contributed by atoms with Crippen molar-refractivity contribution in [2.45, 2.75) is 6.18 Å². The molecule has 0 aliphatic rings. The summed E-state index contributed by atoms with van der Waals surface area (Å²) in [7, 11) is 0. The number of hydrogen-bond acceptors (Lipinski definition) is 4. The third-order valence-electron chi connectivity index (χ3n) is 3.49. The molecule has 1 N–H and O–H groups in total. The minimum Gasteiger partial charge on any atom is -0.323 e. The first-order chi connectivity index (χ1) is 12.8. The molecule has 6 nitrogen and oxygen atoms in total. The molecule has 10 heteroatoms. The van der Waals surface area contributed by atoms with Gasteiger partial charge in [0, 0.05) is 16.8 Å². The lowest BCUT2D eigenvalue weighted by molar-refractivity contribution is -0.137. The molecule has 0 bridgehead atoms. The van der Waals surface area contributed by atoms with Crippen molar-refractivity contribution in [3.8, 4) is 5.69 Å². The summed E-state index contributed by atoms with van der Waals surface area (Å²) in [6, 6.07) is 9.57. The van der Waals surface area contributed by atoms with Crippen molar-refractivity contribution in [3.63, 3.8) is 0 Å². The number of halogens is 4. The summed E-state index contributed by atoms with van der Waals surface area (Å²) in [6.45, 7) is 0. The summed E-state index contributed by atoms with van der Waals surface area (Å²) in [5.74, 6) is -0.515. The Balaban J connectivity index is 1.69. The molecule has 3 aromatic rings. The number of hydrogen-bond donors (Lipinski definition) is 1. The van der Waals surface area contributed by atoms with Crippen LogP contribution in [0, 0.1) is 0 Å². The summed E-state index contributed by atoms with van der Waals surface area (Å²) in [5.41, 5.74) is 0.446. The standard InChI is InChI=1S/C17H11ClF3N5O/c18-15-7-2-12(17(19,20)21)9-11(15)1-8-16(27)23-13-3-5-14(6-4-13)26-10-22-24-25-26/h1-10H,(H,23,27). The predicted molar refractivity (Wildman–Crippen MR) is 93.3 cm³/mol. The molecular weight excluding hydrogens is 383 g/mol. The van der Waals surface area contributed by atoms with Crippen LogP contribution in [0.1, 0.15) is 11.1 Å². The molecule has 2 aromatic carbocycles. The van der Waals surface area contributed by atoms with Crippen molar-refractivity contribution in [2.24, 2.45) is 0 Å². The van der Waals surface area contributed by atoms with E-state index >= 15 is 0 Å². The minimum atomic E-state index is -4.49. The Morgan fingerprint density at radius 3 is 2.52 bits per heavy atom. The Morgan fingerprint density at radius 1 is 1.15 bits per heavy atom. The molecule has 3 rings (SSSR count). The summed E-state index contributed by atoms with van der Waals surface area (Å²) in [4.78, 5) is 12.0. The van der Waals surface area contributed by atoms with Crippen LogP contribution in [0.4, 0.5) is 18.9 Å². The zero-order valence-corrected chi connectivity index (χ0v) is 14.2. The first-order valence-corrected chi connectivity index (χ1v) is 7.90. The summed E-state index contributed by atoms with van der Waals surface area (Å²) >= 11 is 5.89. The molecule has 138 valence electrons. The minimum absolute atomic E-state index is 0.0932. The van der Waals surface area contributed by atoms with Gasteiger partial charge in [0.15, 0.2) is 0 Å². The quantitative estimate of drug-likeness (QED) is 0.680. The topological polar surface area (TPSA) is 72.7 Å². The largest absolute Gasteiger partial charge is 0.416 e. The van der Waals surface area contributed by atoms with E-state index < -0.39 is 17.6 Å². The monoisotopic (exact) mass is 393 g/mol. The summed E-state index contributed by atoms with van der Waals surface area (Å²) in [6.07, 6.45) is -0.731. The van der Waals surface area contributed by atoms with Crippen LogP contribution in [0.3, 0.4) is 0 Å². The van der Waals surface area contributed by atoms with Gasteiger partial charge in [0.2, 0.25) is 5.91 Å². The zero-order valence-electron chi connectivity index (χ0n) is 13.5. The number of carbonyl (C=O) groups is 1. The van der Waals surface area contributed by atoms with E-state index in [1.807, 2.05) is 0 Å². The van der Waals surface area contributed by atoms with Gasteiger partial charge >= 0.3 is 6.18 Å². The number of nitrogens with zero attached hydrogens (tertiary/aromatic N) is 4. The molecule has 0 fully saturated rings. The van der Waals surface area contributed by atoms with Gasteiger partial charge in [-0.3, -0.25) is 4.79 Å². The normalized spacial score (nSPS) is 11.7. The highest BCUT2D eigenvalue weighted by atomic mass is 35.5. The lowest BCUT2D eigenvalue weighted by Gasteiger charge is -2.08. The van der Waals surface area contributed by atoms with Crippen molar-refractivity contribution in [1.29, 1.82) is 0 Å². The Bertz CT molecular complexity index is 969. The lowest BCUT2D eigenvalue weighted by atomic mass is 10.1. The fourth-order valence-electron chi connectivity index (χ4n) is 2.17. The van der Waals surface area contributed by atoms with Crippen LogP contribution < -0.4 is 5.32 Å². The second-order valence-corrected chi connectivity index (χ2v) is 5.77. The van der Waals surface area contributed by atoms with Gasteiger partial charge in [-0.15, -0.1) is 5.10 Å². The van der Waals surface area contributed by atoms with E-state index in [-0.39, 0.29) is 10.6 Å². The first-order valence-electron chi connectivity index (χ1n) is 7.52. The highest BCUT2D eigenvalue weighted by Crippen LogP contribution is 2.32. The molecule has 0 aliphatic heterocycles. The Morgan fingerprint density at radius 2 is 1.89 bits per heavy atom. The number of anilines is 1. The average Bonchev–Trinajstić information content (AvgIpc) is 3.15. The fourth-order valence-corrected chi connectivity index (χ4v) is 2.35. The van der Waals surface area contributed by atoms with Gasteiger partial charge in [-0.1, -0.05) is 11.6 Å². The number of benzene rings is 2. The van der Waals surface area contributed by atoms with Gasteiger partial charge in [0.1, 0.15) is 6.33 Å². The number of nitrogens with one attached hydrogen (secondary N) is 1. The maximum Gasteiger partial charge on any atom is 0.416 e. The van der Waals surface area contributed by atoms with Crippen molar-refractivity contribution in [3.05, 3.63) is 71.0 Å². The van der Waals surface area contributed by atoms with Gasteiger partial charge < -0.3 is 5.32 Å². The van der Waals surface area contributed by atoms with Gasteiger partial charge in [-0.25, -0.2) is 4.68 Å². The number of amides is 1. The Kier molecular flexibility index (Phi) is 5.22. The second kappa shape index (κ2) is 7.58. The molecule has 0 spiro atoms. The molecule has 0 saturated heterocycles. The van der Waals surface area contributed by atoms with Gasteiger partial charge in [-0.05, 0) is 64.5 Å². The Labute approximate surface area is 156 Å². The van der Waals surface area contributed by atoms with E-state index in [1.165, 1.54) is 17.1 Å². The molecule has 0 radical (unpaired) electrons. The molecule has 0 atom stereocenters. The molecule has 0 unspecified atom stereocenters. The van der Waals surface area contributed by atoms with E-state index in [2.05, 4.69) is 20.8 Å². The van der Waals surface area contributed by atoms with Crippen molar-refractivity contribution < 1.29 is 18.0 Å². The van der Waals surface area contributed by atoms with Crippen LogP contribution in [-0.2, 0) is 11.0 Å². The molecule has 0 aliphatic carbocycles. The zero-order chi connectivity index (χ0) is 19.4. The molecule has 1 amide bonds. The van der Waals surface area contributed by atoms with Crippen molar-refractivity contribution in [1.82, 2.24) is 20.2 Å². The Hall–Kier alpha value is -3.20. The van der Waals surface area contributed by atoms with E-state index in [9.17, 15) is 18.0 Å². The number of tetrazole rings is 1. The van der Waals surface area contributed by atoms with Crippen LogP contribution in [0.15, 0.2) is 54.9 Å². The van der Waals surface area contributed by atoms with Crippen LogP contribution in [-0.4, -0.2) is 26.1 Å². The first kappa shape index (κ1) is 18.6. The molecule has 1 aromatic heterocycles. The number of alkyl halides is 3. The summed E-state index contributed by atoms with van der Waals surface area (Å²) < 4.78 is 39.7. The average molecular weight is 394 g/mol. The third-order valence-corrected chi connectivity index (χ3v) is 3.83. The van der Waals surface area contributed by atoms with Crippen LogP contribution in [0.5, 0.6) is 0 Å². The maximum atomic E-state index is 12.8. The van der Waals surface area contributed by atoms with E-state index in [0.29, 0.717) is 11.4 Å². The SMILES string of the molecule is O=C(C=Cc1cc(C(F)(F)F)ccc1Cl)Nc1ccc(-n2cnnn2)cc1. The van der Waals surface area contributed by atoms with E-state index in [0.717, 1.165) is 24.3 Å². The molecule has 27 heavy (non-hydrogen) atoms. The molecular formula is C17H11ClF3N5O.